The molecule has 0 aromatic heterocycles. The molecule has 0 bridgehead atoms. The van der Waals surface area contributed by atoms with Crippen molar-refractivity contribution in [3.63, 3.8) is 0 Å². The number of thioether (sulfide) groups is 1. The van der Waals surface area contributed by atoms with E-state index < -0.39 is 9.45 Å². The minimum atomic E-state index is -1.04. The van der Waals surface area contributed by atoms with E-state index in [-0.39, 0.29) is 0 Å². The first-order valence-corrected chi connectivity index (χ1v) is 4.43. The molecule has 0 saturated carbocycles. The molecule has 1 atom stereocenters. The zero-order valence-corrected chi connectivity index (χ0v) is 7.82. The first-order chi connectivity index (χ1) is 4.54. The van der Waals surface area contributed by atoms with Gasteiger partial charge in [-0.1, -0.05) is 41.0 Å². The van der Waals surface area contributed by atoms with Crippen LogP contribution in [-0.2, 0) is 4.79 Å². The fourth-order valence-corrected chi connectivity index (χ4v) is 2.40. The Kier molecular flexibility index (Phi) is 2.56. The summed E-state index contributed by atoms with van der Waals surface area (Å²) in [6.45, 7) is 0. The Morgan fingerprint density at radius 1 is 1.80 bits per heavy atom. The summed E-state index contributed by atoms with van der Waals surface area (Å²) in [6.07, 6.45) is 2.08. The molecule has 0 aromatic rings. The van der Waals surface area contributed by atoms with Gasteiger partial charge in [-0.3, -0.25) is 4.79 Å². The zero-order valence-electron chi connectivity index (χ0n) is 4.73. The molecule has 0 radical (unpaired) electrons. The third-order valence-corrected chi connectivity index (χ3v) is 3.59. The van der Waals surface area contributed by atoms with E-state index in [1.807, 2.05) is 0 Å². The first-order valence-electron chi connectivity index (χ1n) is 2.48. The predicted molar refractivity (Wildman–Crippen MR) is 45.6 cm³/mol. The second-order valence-corrected chi connectivity index (χ2v) is 5.00. The molecule has 1 unspecified atom stereocenters. The molecule has 10 heavy (non-hydrogen) atoms. The molecule has 0 aliphatic carbocycles. The average Bonchev–Trinajstić information content (AvgIpc) is 2.13. The lowest BCUT2D eigenvalue weighted by molar-refractivity contribution is -0.112. The molecule has 0 spiro atoms. The fraction of sp³-hybridized carbons (Fsp3) is 0.400. The van der Waals surface area contributed by atoms with Gasteiger partial charge in [0.05, 0.1) is 4.36 Å². The summed E-state index contributed by atoms with van der Waals surface area (Å²) < 4.78 is -0.512. The highest BCUT2D eigenvalue weighted by molar-refractivity contribution is 8.08. The molecule has 1 aliphatic heterocycles. The highest BCUT2D eigenvalue weighted by Crippen LogP contribution is 2.48. The number of halogens is 3. The molecule has 0 aromatic carbocycles. The van der Waals surface area contributed by atoms with Crippen molar-refractivity contribution in [2.45, 2.75) is 10.6 Å². The summed E-state index contributed by atoms with van der Waals surface area (Å²) in [5.74, 6) is 0. The van der Waals surface area contributed by atoms with Gasteiger partial charge in [0.15, 0.2) is 4.21 Å². The summed E-state index contributed by atoms with van der Waals surface area (Å²) in [5.41, 5.74) is 0. The minimum absolute atomic E-state index is 0.403. The molecular formula is C5H3Cl3OS. The van der Waals surface area contributed by atoms with Crippen LogP contribution in [0.3, 0.4) is 0 Å². The Bertz CT molecular complexity index is 203. The zero-order chi connectivity index (χ0) is 7.78. The van der Waals surface area contributed by atoms with Crippen LogP contribution >= 0.6 is 46.6 Å². The smallest absolute Gasteiger partial charge is 0.253 e. The summed E-state index contributed by atoms with van der Waals surface area (Å²) in [7, 11) is 0. The second-order valence-electron chi connectivity index (χ2n) is 1.82. The Hall–Kier alpha value is 0.630. The third kappa shape index (κ3) is 1.62. The van der Waals surface area contributed by atoms with E-state index >= 15 is 0 Å². The van der Waals surface area contributed by atoms with Gasteiger partial charge in [-0.05, 0) is 11.6 Å². The maximum atomic E-state index is 10.6. The Labute approximate surface area is 77.7 Å². The second kappa shape index (κ2) is 2.94. The molecular weight excluding hydrogens is 214 g/mol. The molecule has 5 heteroatoms. The molecule has 0 amide bonds. The quantitative estimate of drug-likeness (QED) is 0.496. The van der Waals surface area contributed by atoms with Gasteiger partial charge in [0.25, 0.3) is 5.24 Å². The first kappa shape index (κ1) is 8.72. The summed E-state index contributed by atoms with van der Waals surface area (Å²) >= 11 is 17.6. The van der Waals surface area contributed by atoms with Gasteiger partial charge in [-0.2, -0.15) is 0 Å². The van der Waals surface area contributed by atoms with Crippen LogP contribution in [-0.4, -0.2) is 9.45 Å². The van der Waals surface area contributed by atoms with Crippen LogP contribution in [0.5, 0.6) is 0 Å². The summed E-state index contributed by atoms with van der Waals surface area (Å²) in [4.78, 5) is 10.6. The maximum absolute atomic E-state index is 10.6. The van der Waals surface area contributed by atoms with Crippen molar-refractivity contribution in [1.29, 1.82) is 0 Å². The fourth-order valence-electron chi connectivity index (χ4n) is 0.570. The third-order valence-electron chi connectivity index (χ3n) is 1.08. The largest absolute Gasteiger partial charge is 0.278 e. The van der Waals surface area contributed by atoms with Crippen molar-refractivity contribution in [3.8, 4) is 0 Å². The van der Waals surface area contributed by atoms with E-state index in [1.54, 1.807) is 6.08 Å². The standard InChI is InChI=1S/C5H3Cl3OS/c6-3-1-2-5(8,10-3)4(7)9/h1H,2H2. The van der Waals surface area contributed by atoms with Crippen LogP contribution in [0.15, 0.2) is 10.4 Å². The lowest BCUT2D eigenvalue weighted by Crippen LogP contribution is -2.20. The highest BCUT2D eigenvalue weighted by Gasteiger charge is 2.39. The number of carbonyl (C=O) groups is 1. The van der Waals surface area contributed by atoms with Crippen LogP contribution in [0.1, 0.15) is 6.42 Å². The van der Waals surface area contributed by atoms with E-state index in [9.17, 15) is 4.79 Å². The number of hydrogen-bond donors (Lipinski definition) is 0. The number of alkyl halides is 1. The van der Waals surface area contributed by atoms with E-state index in [1.165, 1.54) is 0 Å². The van der Waals surface area contributed by atoms with Gasteiger partial charge < -0.3 is 0 Å². The van der Waals surface area contributed by atoms with E-state index in [4.69, 9.17) is 34.8 Å². The van der Waals surface area contributed by atoms with Crippen molar-refractivity contribution < 1.29 is 4.79 Å². The van der Waals surface area contributed by atoms with Crippen molar-refractivity contribution in [2.75, 3.05) is 0 Å². The SMILES string of the molecule is O=C(Cl)C1(Cl)CC=C(Cl)S1. The van der Waals surface area contributed by atoms with Crippen LogP contribution < -0.4 is 0 Å². The molecule has 0 N–H and O–H groups in total. The van der Waals surface area contributed by atoms with Crippen LogP contribution in [0, 0.1) is 0 Å². The van der Waals surface area contributed by atoms with E-state index in [0.717, 1.165) is 11.8 Å². The Morgan fingerprint density at radius 3 is 2.60 bits per heavy atom. The molecule has 1 rings (SSSR count). The number of allylic oxidation sites excluding steroid dienone is 1. The van der Waals surface area contributed by atoms with Crippen LogP contribution in [0.4, 0.5) is 0 Å². The normalized spacial score (nSPS) is 32.1. The van der Waals surface area contributed by atoms with Gasteiger partial charge in [0.2, 0.25) is 0 Å². The molecule has 1 aliphatic rings. The van der Waals surface area contributed by atoms with Gasteiger partial charge in [0.1, 0.15) is 0 Å². The number of rotatable bonds is 1. The molecule has 1 heterocycles. The van der Waals surface area contributed by atoms with Gasteiger partial charge >= 0.3 is 0 Å². The lowest BCUT2D eigenvalue weighted by Gasteiger charge is -2.12. The van der Waals surface area contributed by atoms with Crippen LogP contribution in [0.25, 0.3) is 0 Å². The average molecular weight is 218 g/mol. The van der Waals surface area contributed by atoms with Gasteiger partial charge in [0, 0.05) is 6.42 Å². The van der Waals surface area contributed by atoms with Crippen LogP contribution in [0.2, 0.25) is 0 Å². The molecule has 56 valence electrons. The maximum Gasteiger partial charge on any atom is 0.253 e. The topological polar surface area (TPSA) is 17.1 Å². The minimum Gasteiger partial charge on any atom is -0.278 e. The van der Waals surface area contributed by atoms with E-state index in [0.29, 0.717) is 10.8 Å². The lowest BCUT2D eigenvalue weighted by atomic mass is 10.3. The van der Waals surface area contributed by atoms with Crippen molar-refractivity contribution in [2.24, 2.45) is 0 Å². The van der Waals surface area contributed by atoms with Gasteiger partial charge in [-0.15, -0.1) is 0 Å². The summed E-state index contributed by atoms with van der Waals surface area (Å²) in [6, 6.07) is 0. The Balaban J connectivity index is 2.70. The van der Waals surface area contributed by atoms with Gasteiger partial charge in [-0.25, -0.2) is 0 Å². The Morgan fingerprint density at radius 2 is 2.40 bits per heavy atom. The summed E-state index contributed by atoms with van der Waals surface area (Å²) in [5, 5.41) is -0.564. The molecule has 0 saturated heterocycles. The van der Waals surface area contributed by atoms with Crippen molar-refractivity contribution >= 4 is 51.8 Å². The monoisotopic (exact) mass is 216 g/mol. The highest BCUT2D eigenvalue weighted by atomic mass is 35.5. The number of hydrogen-bond acceptors (Lipinski definition) is 2. The van der Waals surface area contributed by atoms with E-state index in [2.05, 4.69) is 0 Å². The van der Waals surface area contributed by atoms with Crippen molar-refractivity contribution in [3.05, 3.63) is 10.4 Å². The molecule has 1 nitrogen and oxygen atoms in total. The number of carbonyl (C=O) groups excluding carboxylic acids is 1. The van der Waals surface area contributed by atoms with Crippen molar-refractivity contribution in [1.82, 2.24) is 0 Å². The molecule has 0 fully saturated rings. The predicted octanol–water partition coefficient (Wildman–Crippen LogP) is 2.90.